The van der Waals surface area contributed by atoms with Gasteiger partial charge in [-0.3, -0.25) is 0 Å². The zero-order valence-corrected chi connectivity index (χ0v) is 11.4. The van der Waals surface area contributed by atoms with Crippen molar-refractivity contribution < 1.29 is 17.5 Å². The van der Waals surface area contributed by atoms with Crippen LogP contribution in [0.15, 0.2) is 0 Å². The second-order valence-corrected chi connectivity index (χ2v) is 7.34. The van der Waals surface area contributed by atoms with Gasteiger partial charge in [0.1, 0.15) is 0 Å². The monoisotopic (exact) mass is 381 g/mol. The second-order valence-electron chi connectivity index (χ2n) is 3.17. The maximum atomic E-state index is 2.62. The predicted molar refractivity (Wildman–Crippen MR) is 52.3 cm³/mol. The van der Waals surface area contributed by atoms with Gasteiger partial charge in [0, 0.05) is 0 Å². The molecule has 11 heavy (non-hydrogen) atoms. The summed E-state index contributed by atoms with van der Waals surface area (Å²) in [6, 6.07) is 0.846. The fourth-order valence-electron chi connectivity index (χ4n) is 1.41. The van der Waals surface area contributed by atoms with Gasteiger partial charge >= 0.3 is 90.2 Å². The molecule has 0 radical (unpaired) electrons. The number of piperidine rings is 1. The molecule has 1 rings (SSSR count). The first-order valence-electron chi connectivity index (χ1n) is 3.91. The van der Waals surface area contributed by atoms with Crippen molar-refractivity contribution in [1.29, 1.82) is 0 Å². The van der Waals surface area contributed by atoms with Crippen molar-refractivity contribution in [2.45, 2.75) is 18.9 Å². The third kappa shape index (κ3) is 3.31. The van der Waals surface area contributed by atoms with Crippen LogP contribution >= 0.6 is 18.6 Å². The molecule has 1 aliphatic heterocycles. The molecule has 0 bridgehead atoms. The Morgan fingerprint density at radius 2 is 1.91 bits per heavy atom. The van der Waals surface area contributed by atoms with E-state index in [0.29, 0.717) is 17.5 Å². The summed E-state index contributed by atoms with van der Waals surface area (Å²) >= 11 is 2.89. The summed E-state index contributed by atoms with van der Waals surface area (Å²) in [6.07, 6.45) is 2.74. The Labute approximate surface area is 89.5 Å². The third-order valence-electron chi connectivity index (χ3n) is 2.23. The van der Waals surface area contributed by atoms with Gasteiger partial charge in [-0.05, 0) is 0 Å². The molecule has 0 saturated carbocycles. The zero-order chi connectivity index (χ0) is 8.27. The van der Waals surface area contributed by atoms with Crippen molar-refractivity contribution in [3.8, 4) is 0 Å². The van der Waals surface area contributed by atoms with E-state index in [1.807, 2.05) is 0 Å². The Morgan fingerprint density at radius 1 is 1.36 bits per heavy atom. The zero-order valence-electron chi connectivity index (χ0n) is 7.06. The number of hydrogen-bond acceptors (Lipinski definition) is 2. The molecule has 0 N–H and O–H groups in total. The molecule has 0 aromatic carbocycles. The topological polar surface area (TPSA) is 6.48 Å². The average Bonchev–Trinajstić information content (AvgIpc) is 2.05. The molecule has 0 amide bonds. The first-order chi connectivity index (χ1) is 5.24. The molecule has 4 heteroatoms. The molecule has 68 valence electrons. The molecule has 2 nitrogen and oxygen atoms in total. The van der Waals surface area contributed by atoms with Crippen LogP contribution in [0.3, 0.4) is 0 Å². The molecule has 1 fully saturated rings. The van der Waals surface area contributed by atoms with Gasteiger partial charge in [0.2, 0.25) is 0 Å². The van der Waals surface area contributed by atoms with Gasteiger partial charge in [-0.25, -0.2) is 0 Å². The Hall–Kier alpha value is 1.38. The third-order valence-corrected chi connectivity index (χ3v) is 7.17. The van der Waals surface area contributed by atoms with Gasteiger partial charge in [-0.15, -0.1) is 0 Å². The van der Waals surface area contributed by atoms with Crippen LogP contribution in [0.2, 0.25) is 0 Å². The van der Waals surface area contributed by atoms with Crippen molar-refractivity contribution in [1.82, 2.24) is 8.01 Å². The van der Waals surface area contributed by atoms with Crippen LogP contribution in [0.4, 0.5) is 0 Å². The fourth-order valence-corrected chi connectivity index (χ4v) is 4.78. The van der Waals surface area contributed by atoms with Crippen LogP contribution < -0.4 is 17.5 Å². The molecule has 0 aromatic heterocycles. The summed E-state index contributed by atoms with van der Waals surface area (Å²) in [7, 11) is 4.39. The summed E-state index contributed by atoms with van der Waals surface area (Å²) in [6.45, 7) is 2.66. The molecule has 0 aromatic rings. The van der Waals surface area contributed by atoms with Crippen molar-refractivity contribution in [2.24, 2.45) is 0 Å². The maximum absolute atomic E-state index is 2.62. The van der Waals surface area contributed by atoms with E-state index in [1.165, 1.54) is 25.9 Å². The Kier molecular flexibility index (Phi) is 4.93. The number of rotatable bonds is 2. The first-order valence-corrected chi connectivity index (χ1v) is 11.2. The van der Waals surface area contributed by atoms with Gasteiger partial charge in [0.05, 0.1) is 0 Å². The Balaban J connectivity index is 2.24. The van der Waals surface area contributed by atoms with Crippen LogP contribution in [0.1, 0.15) is 12.8 Å². The molecule has 0 aliphatic carbocycles. The minimum atomic E-state index is 0.332. The average molecular weight is 381 g/mol. The van der Waals surface area contributed by atoms with Crippen molar-refractivity contribution in [2.75, 3.05) is 27.2 Å². The summed E-state index contributed by atoms with van der Waals surface area (Å²) in [5.74, 6) is 0. The standard InChI is InChI=1S/C7H15I2N2/c1-10(2)7-3-5-11(9-8)6-4-7/h7H,3-6H2,1-2H3/q-1. The Morgan fingerprint density at radius 3 is 2.27 bits per heavy atom. The Bertz CT molecular complexity index is 111. The van der Waals surface area contributed by atoms with Gasteiger partial charge in [0.25, 0.3) is 0 Å². The van der Waals surface area contributed by atoms with E-state index in [2.05, 4.69) is 40.7 Å². The van der Waals surface area contributed by atoms with Crippen molar-refractivity contribution in [3.63, 3.8) is 0 Å². The van der Waals surface area contributed by atoms with E-state index in [9.17, 15) is 0 Å². The normalized spacial score (nSPS) is 23.3. The predicted octanol–water partition coefficient (Wildman–Crippen LogP) is -1.63. The molecular formula is C7H15I2N2-. The molecule has 0 atom stereocenters. The summed E-state index contributed by atoms with van der Waals surface area (Å²) in [4.78, 5) is 2.36. The fraction of sp³-hybridized carbons (Fsp3) is 1.00. The van der Waals surface area contributed by atoms with Crippen LogP contribution in [-0.4, -0.2) is 41.2 Å². The van der Waals surface area contributed by atoms with E-state index in [-0.39, 0.29) is 0 Å². The van der Waals surface area contributed by atoms with Crippen LogP contribution in [0, 0.1) is 0 Å². The van der Waals surface area contributed by atoms with Gasteiger partial charge in [0.15, 0.2) is 0 Å². The van der Waals surface area contributed by atoms with Crippen LogP contribution in [0.25, 0.3) is 0 Å². The summed E-state index contributed by atoms with van der Waals surface area (Å²) in [5.41, 5.74) is 0. The second kappa shape index (κ2) is 5.18. The van der Waals surface area contributed by atoms with E-state index in [1.54, 1.807) is 0 Å². The SMILES string of the molecule is CN(C)C1CCN([I-]I)CC1. The quantitative estimate of drug-likeness (QED) is 0.419. The number of nitrogens with zero attached hydrogens (tertiary/aromatic N) is 2. The molecule has 1 aliphatic rings. The number of halogens is 2. The van der Waals surface area contributed by atoms with Crippen molar-refractivity contribution in [3.05, 3.63) is 0 Å². The van der Waals surface area contributed by atoms with E-state index < -0.39 is 0 Å². The van der Waals surface area contributed by atoms with Gasteiger partial charge < -0.3 is 0 Å². The van der Waals surface area contributed by atoms with E-state index in [0.717, 1.165) is 6.04 Å². The molecule has 0 spiro atoms. The molecular weight excluding hydrogens is 366 g/mol. The molecule has 1 heterocycles. The summed E-state index contributed by atoms with van der Waals surface area (Å²) in [5, 5.41) is 0. The van der Waals surface area contributed by atoms with E-state index in [4.69, 9.17) is 0 Å². The minimum absolute atomic E-state index is 0.332. The van der Waals surface area contributed by atoms with Crippen LogP contribution in [-0.2, 0) is 0 Å². The van der Waals surface area contributed by atoms with E-state index >= 15 is 0 Å². The van der Waals surface area contributed by atoms with Gasteiger partial charge in [-0.1, -0.05) is 0 Å². The molecule has 0 unspecified atom stereocenters. The van der Waals surface area contributed by atoms with Crippen molar-refractivity contribution >= 4 is 18.6 Å². The molecule has 1 saturated heterocycles. The summed E-state index contributed by atoms with van der Waals surface area (Å²) < 4.78 is 2.62. The van der Waals surface area contributed by atoms with Crippen LogP contribution in [0.5, 0.6) is 0 Å². The first kappa shape index (κ1) is 10.5. The van der Waals surface area contributed by atoms with Gasteiger partial charge in [-0.2, -0.15) is 0 Å². The number of hydrogen-bond donors (Lipinski definition) is 0.